The molecule has 0 aliphatic carbocycles. The molecule has 56 valence electrons. The minimum absolute atomic E-state index is 0.0547. The molecule has 0 fully saturated rings. The minimum atomic E-state index is -0.224. The summed E-state index contributed by atoms with van der Waals surface area (Å²) in [6, 6.07) is 2.92. The molecular weight excluding hydrogens is 210 g/mol. The average Bonchev–Trinajstić information content (AvgIpc) is 2.34. The van der Waals surface area contributed by atoms with Crippen molar-refractivity contribution >= 4 is 26.0 Å². The predicted octanol–water partition coefficient (Wildman–Crippen LogP) is 1.13. The Morgan fingerprint density at radius 3 is 3.00 bits per heavy atom. The number of benzene rings is 1. The van der Waals surface area contributed by atoms with Crippen molar-refractivity contribution in [3.05, 3.63) is 23.5 Å². The first-order valence-electron chi connectivity index (χ1n) is 3.16. The molecule has 0 saturated carbocycles. The number of nitrogens with zero attached hydrogens (tertiary/aromatic N) is 2. The van der Waals surface area contributed by atoms with Crippen LogP contribution in [0.2, 0.25) is 0 Å². The van der Waals surface area contributed by atoms with Crippen molar-refractivity contribution < 1.29 is 4.39 Å². The molecule has 11 heavy (non-hydrogen) atoms. The first-order chi connectivity index (χ1) is 5.27. The fourth-order valence-corrected chi connectivity index (χ4v) is 2.24. The van der Waals surface area contributed by atoms with Gasteiger partial charge in [0.05, 0.1) is 0 Å². The number of hydrogen-bond donors (Lipinski definition) is 0. The average molecular weight is 215 g/mol. The van der Waals surface area contributed by atoms with Gasteiger partial charge >= 0.3 is 68.8 Å². The van der Waals surface area contributed by atoms with Crippen LogP contribution in [0.4, 0.5) is 4.39 Å². The van der Waals surface area contributed by atoms with E-state index in [1.54, 1.807) is 0 Å². The van der Waals surface area contributed by atoms with Crippen molar-refractivity contribution in [1.82, 2.24) is 7.96 Å². The molecule has 0 radical (unpaired) electrons. The molecule has 0 amide bonds. The molecule has 0 aliphatic heterocycles. The molecule has 1 aromatic carbocycles. The second kappa shape index (κ2) is 2.39. The van der Waals surface area contributed by atoms with Crippen LogP contribution in [0.1, 0.15) is 5.56 Å². The monoisotopic (exact) mass is 216 g/mol. The number of halogens is 1. The van der Waals surface area contributed by atoms with Gasteiger partial charge in [-0.05, 0) is 0 Å². The van der Waals surface area contributed by atoms with E-state index in [-0.39, 0.29) is 20.8 Å². The number of aromatic nitrogens is 2. The Morgan fingerprint density at radius 1 is 1.36 bits per heavy atom. The summed E-state index contributed by atoms with van der Waals surface area (Å²) in [5.41, 5.74) is 2.46. The molecule has 0 saturated heterocycles. The summed E-state index contributed by atoms with van der Waals surface area (Å²) in [5.74, 6) is -0.224. The van der Waals surface area contributed by atoms with Gasteiger partial charge in [-0.3, -0.25) is 0 Å². The third-order valence-corrected chi connectivity index (χ3v) is 2.65. The Hall–Kier alpha value is -0.731. The fraction of sp³-hybridized carbons (Fsp3) is 0.143. The van der Waals surface area contributed by atoms with Gasteiger partial charge in [-0.2, -0.15) is 0 Å². The van der Waals surface area contributed by atoms with Crippen LogP contribution in [-0.4, -0.2) is 22.9 Å². The van der Waals surface area contributed by atoms with E-state index in [9.17, 15) is 4.39 Å². The summed E-state index contributed by atoms with van der Waals surface area (Å²) in [4.78, 5) is 0. The first kappa shape index (κ1) is 6.95. The van der Waals surface area contributed by atoms with Crippen LogP contribution < -0.4 is 0 Å². The normalized spacial score (nSPS) is 10.7. The van der Waals surface area contributed by atoms with Crippen molar-refractivity contribution in [2.24, 2.45) is 0 Å². The Morgan fingerprint density at radius 2 is 2.18 bits per heavy atom. The molecule has 2 aromatic rings. The van der Waals surface area contributed by atoms with E-state index in [0.29, 0.717) is 5.52 Å². The molecule has 0 bridgehead atoms. The van der Waals surface area contributed by atoms with Crippen molar-refractivity contribution in [2.45, 2.75) is 6.92 Å². The van der Waals surface area contributed by atoms with Crippen LogP contribution in [0.25, 0.3) is 11.0 Å². The Labute approximate surface area is 69.3 Å². The van der Waals surface area contributed by atoms with Gasteiger partial charge in [0.15, 0.2) is 0 Å². The van der Waals surface area contributed by atoms with Crippen LogP contribution in [-0.2, 0) is 0 Å². The molecule has 2 rings (SSSR count). The molecule has 0 N–H and O–H groups in total. The maximum atomic E-state index is 12.7. The van der Waals surface area contributed by atoms with Gasteiger partial charge < -0.3 is 0 Å². The van der Waals surface area contributed by atoms with Crippen molar-refractivity contribution in [3.63, 3.8) is 0 Å². The molecular formula is C7H5FN2Se. The van der Waals surface area contributed by atoms with Gasteiger partial charge in [-0.1, -0.05) is 0 Å². The van der Waals surface area contributed by atoms with Crippen LogP contribution in [0.5, 0.6) is 0 Å². The predicted molar refractivity (Wildman–Crippen MR) is 41.2 cm³/mol. The molecule has 0 aliphatic rings. The number of hydrogen-bond acceptors (Lipinski definition) is 2. The molecule has 2 nitrogen and oxygen atoms in total. The van der Waals surface area contributed by atoms with E-state index < -0.39 is 0 Å². The zero-order chi connectivity index (χ0) is 7.84. The molecule has 0 spiro atoms. The van der Waals surface area contributed by atoms with Crippen LogP contribution in [0, 0.1) is 12.7 Å². The number of fused-ring (bicyclic) bond motifs is 1. The molecule has 4 heteroatoms. The quantitative estimate of drug-likeness (QED) is 0.615. The third-order valence-electron chi connectivity index (χ3n) is 1.52. The maximum absolute atomic E-state index is 12.7. The van der Waals surface area contributed by atoms with E-state index >= 15 is 0 Å². The Kier molecular flexibility index (Phi) is 1.51. The second-order valence-electron chi connectivity index (χ2n) is 2.35. The molecule has 1 aromatic heterocycles. The van der Waals surface area contributed by atoms with Gasteiger partial charge in [-0.25, -0.2) is 0 Å². The van der Waals surface area contributed by atoms with Crippen LogP contribution in [0.3, 0.4) is 0 Å². The Bertz CT molecular complexity index is 396. The third kappa shape index (κ3) is 1.08. The van der Waals surface area contributed by atoms with Crippen LogP contribution >= 0.6 is 0 Å². The van der Waals surface area contributed by atoms with Gasteiger partial charge in [0.25, 0.3) is 0 Å². The fourth-order valence-electron chi connectivity index (χ4n) is 1.01. The summed E-state index contributed by atoms with van der Waals surface area (Å²) < 4.78 is 21.0. The van der Waals surface area contributed by atoms with E-state index in [4.69, 9.17) is 0 Å². The summed E-state index contributed by atoms with van der Waals surface area (Å²) >= 11 is -0.0547. The number of aryl methyl sites for hydroxylation is 1. The molecule has 1 heterocycles. The van der Waals surface area contributed by atoms with Crippen molar-refractivity contribution in [3.8, 4) is 0 Å². The van der Waals surface area contributed by atoms with Gasteiger partial charge in [-0.15, -0.1) is 0 Å². The van der Waals surface area contributed by atoms with Gasteiger partial charge in [0, 0.05) is 0 Å². The van der Waals surface area contributed by atoms with Crippen molar-refractivity contribution in [2.75, 3.05) is 0 Å². The Balaban J connectivity index is 2.91. The van der Waals surface area contributed by atoms with Crippen LogP contribution in [0.15, 0.2) is 12.1 Å². The summed E-state index contributed by atoms with van der Waals surface area (Å²) in [6.07, 6.45) is 0. The molecule has 0 atom stereocenters. The second-order valence-corrected chi connectivity index (χ2v) is 3.46. The van der Waals surface area contributed by atoms with Gasteiger partial charge in [0.2, 0.25) is 0 Å². The topological polar surface area (TPSA) is 25.8 Å². The standard InChI is InChI=1S/C7H5FN2Se/c1-4-2-5(8)3-6-7(4)10-11-9-6/h2-3H,1H3. The SMILES string of the molecule is Cc1cc(F)cc2n[se]nc12. The zero-order valence-corrected chi connectivity index (χ0v) is 7.55. The zero-order valence-electron chi connectivity index (χ0n) is 5.84. The molecule has 0 unspecified atom stereocenters. The van der Waals surface area contributed by atoms with E-state index in [1.807, 2.05) is 6.92 Å². The summed E-state index contributed by atoms with van der Waals surface area (Å²) in [5, 5.41) is 0. The van der Waals surface area contributed by atoms with E-state index in [0.717, 1.165) is 11.1 Å². The first-order valence-corrected chi connectivity index (χ1v) is 4.69. The van der Waals surface area contributed by atoms with Crippen molar-refractivity contribution in [1.29, 1.82) is 0 Å². The summed E-state index contributed by atoms with van der Waals surface area (Å²) in [7, 11) is 0. The van der Waals surface area contributed by atoms with E-state index in [1.165, 1.54) is 12.1 Å². The van der Waals surface area contributed by atoms with E-state index in [2.05, 4.69) is 7.96 Å². The number of rotatable bonds is 0. The van der Waals surface area contributed by atoms with Gasteiger partial charge in [0.1, 0.15) is 0 Å². The summed E-state index contributed by atoms with van der Waals surface area (Å²) in [6.45, 7) is 1.85.